The van der Waals surface area contributed by atoms with Gasteiger partial charge in [-0.1, -0.05) is 32.9 Å². The fraction of sp³-hybridized carbons (Fsp3) is 0.625. The topological polar surface area (TPSA) is 63.4 Å². The van der Waals surface area contributed by atoms with Crippen molar-refractivity contribution in [1.29, 1.82) is 0 Å². The van der Waals surface area contributed by atoms with Crippen molar-refractivity contribution < 1.29 is 8.42 Å². The van der Waals surface area contributed by atoms with E-state index in [0.29, 0.717) is 29.8 Å². The number of hydrogen-bond donors (Lipinski definition) is 1. The molecule has 1 saturated heterocycles. The van der Waals surface area contributed by atoms with E-state index < -0.39 is 10.0 Å². The van der Waals surface area contributed by atoms with Crippen LogP contribution >= 0.6 is 0 Å². The molecule has 0 aromatic heterocycles. The third-order valence-electron chi connectivity index (χ3n) is 4.49. The summed E-state index contributed by atoms with van der Waals surface area (Å²) in [5, 5.41) is 0. The van der Waals surface area contributed by atoms with Gasteiger partial charge in [0.05, 0.1) is 4.90 Å². The van der Waals surface area contributed by atoms with Gasteiger partial charge in [-0.25, -0.2) is 8.42 Å². The summed E-state index contributed by atoms with van der Waals surface area (Å²) in [6, 6.07) is 6.97. The van der Waals surface area contributed by atoms with E-state index in [1.165, 1.54) is 0 Å². The molecule has 2 N–H and O–H groups in total. The molecule has 2 unspecified atom stereocenters. The van der Waals surface area contributed by atoms with Crippen LogP contribution < -0.4 is 5.73 Å². The molecule has 5 heteroatoms. The minimum Gasteiger partial charge on any atom is -0.324 e. The number of nitrogens with zero attached hydrogens (tertiary/aromatic N) is 1. The number of hydrogen-bond acceptors (Lipinski definition) is 3. The van der Waals surface area contributed by atoms with Crippen molar-refractivity contribution in [2.24, 2.45) is 17.6 Å². The first-order valence-electron chi connectivity index (χ1n) is 7.72. The summed E-state index contributed by atoms with van der Waals surface area (Å²) in [5.74, 6) is 0.978. The SMILES string of the molecule is CCC(N)c1cccc(S(=O)(=O)N2CCC(C(C)C)C2)c1. The lowest BCUT2D eigenvalue weighted by Crippen LogP contribution is -2.29. The van der Waals surface area contributed by atoms with Gasteiger partial charge in [0.15, 0.2) is 0 Å². The molecule has 2 atom stereocenters. The summed E-state index contributed by atoms with van der Waals surface area (Å²) in [4.78, 5) is 0.369. The summed E-state index contributed by atoms with van der Waals surface area (Å²) < 4.78 is 27.1. The summed E-state index contributed by atoms with van der Waals surface area (Å²) in [7, 11) is -3.39. The molecule has 1 aliphatic heterocycles. The molecule has 1 aliphatic rings. The highest BCUT2D eigenvalue weighted by Crippen LogP contribution is 2.29. The molecular weight excluding hydrogens is 284 g/mol. The van der Waals surface area contributed by atoms with Crippen LogP contribution in [0.15, 0.2) is 29.2 Å². The van der Waals surface area contributed by atoms with Gasteiger partial charge in [-0.2, -0.15) is 4.31 Å². The Kier molecular flexibility index (Phi) is 5.07. The van der Waals surface area contributed by atoms with Crippen LogP contribution in [0.1, 0.15) is 45.2 Å². The van der Waals surface area contributed by atoms with E-state index in [1.54, 1.807) is 22.5 Å². The molecule has 0 spiro atoms. The van der Waals surface area contributed by atoms with Crippen molar-refractivity contribution in [3.8, 4) is 0 Å². The predicted molar refractivity (Wildman–Crippen MR) is 85.4 cm³/mol. The maximum absolute atomic E-state index is 12.8. The second-order valence-corrected chi connectivity index (χ2v) is 8.18. The monoisotopic (exact) mass is 310 g/mol. The molecule has 0 radical (unpaired) electrons. The first kappa shape index (κ1) is 16.5. The zero-order chi connectivity index (χ0) is 15.6. The van der Waals surface area contributed by atoms with Gasteiger partial charge in [-0.05, 0) is 42.4 Å². The van der Waals surface area contributed by atoms with Crippen LogP contribution in [0.5, 0.6) is 0 Å². The summed E-state index contributed by atoms with van der Waals surface area (Å²) in [6.07, 6.45) is 1.74. The van der Waals surface area contributed by atoms with E-state index >= 15 is 0 Å². The lowest BCUT2D eigenvalue weighted by molar-refractivity contribution is 0.388. The van der Waals surface area contributed by atoms with Gasteiger partial charge in [0.25, 0.3) is 0 Å². The first-order chi connectivity index (χ1) is 9.86. The molecule has 1 aromatic rings. The average Bonchev–Trinajstić information content (AvgIpc) is 2.97. The molecule has 1 fully saturated rings. The van der Waals surface area contributed by atoms with E-state index in [4.69, 9.17) is 5.73 Å². The smallest absolute Gasteiger partial charge is 0.243 e. The third kappa shape index (κ3) is 3.47. The summed E-state index contributed by atoms with van der Waals surface area (Å²) in [5.41, 5.74) is 6.90. The van der Waals surface area contributed by atoms with E-state index in [1.807, 2.05) is 13.0 Å². The Labute approximate surface area is 128 Å². The molecule has 0 aliphatic carbocycles. The van der Waals surface area contributed by atoms with E-state index in [2.05, 4.69) is 13.8 Å². The normalized spacial score (nSPS) is 21.9. The van der Waals surface area contributed by atoms with Gasteiger partial charge in [0, 0.05) is 19.1 Å². The van der Waals surface area contributed by atoms with Crippen LogP contribution in [0.3, 0.4) is 0 Å². The largest absolute Gasteiger partial charge is 0.324 e. The minimum atomic E-state index is -3.39. The number of nitrogens with two attached hydrogens (primary N) is 1. The number of benzene rings is 1. The highest BCUT2D eigenvalue weighted by atomic mass is 32.2. The Bertz CT molecular complexity index is 584. The second kappa shape index (κ2) is 6.46. The van der Waals surface area contributed by atoms with Crippen molar-refractivity contribution in [2.75, 3.05) is 13.1 Å². The lowest BCUT2D eigenvalue weighted by atomic mass is 9.96. The average molecular weight is 310 g/mol. The van der Waals surface area contributed by atoms with E-state index in [0.717, 1.165) is 18.4 Å². The molecule has 0 saturated carbocycles. The van der Waals surface area contributed by atoms with Gasteiger partial charge < -0.3 is 5.73 Å². The van der Waals surface area contributed by atoms with Gasteiger partial charge in [-0.15, -0.1) is 0 Å². The number of sulfonamides is 1. The van der Waals surface area contributed by atoms with Gasteiger partial charge in [-0.3, -0.25) is 0 Å². The van der Waals surface area contributed by atoms with Crippen molar-refractivity contribution in [1.82, 2.24) is 4.31 Å². The van der Waals surface area contributed by atoms with Crippen molar-refractivity contribution in [3.63, 3.8) is 0 Å². The molecule has 2 rings (SSSR count). The Morgan fingerprint density at radius 2 is 2.10 bits per heavy atom. The van der Waals surface area contributed by atoms with Crippen molar-refractivity contribution in [2.45, 2.75) is 44.6 Å². The van der Waals surface area contributed by atoms with Gasteiger partial charge >= 0.3 is 0 Å². The van der Waals surface area contributed by atoms with Crippen LogP contribution in [-0.4, -0.2) is 25.8 Å². The van der Waals surface area contributed by atoms with Crippen LogP contribution in [0, 0.1) is 11.8 Å². The van der Waals surface area contributed by atoms with Crippen molar-refractivity contribution in [3.05, 3.63) is 29.8 Å². The second-order valence-electron chi connectivity index (χ2n) is 6.24. The van der Waals surface area contributed by atoms with Crippen LogP contribution in [0.25, 0.3) is 0 Å². The van der Waals surface area contributed by atoms with Gasteiger partial charge in [0.2, 0.25) is 10.0 Å². The highest BCUT2D eigenvalue weighted by Gasteiger charge is 2.33. The highest BCUT2D eigenvalue weighted by molar-refractivity contribution is 7.89. The molecule has 1 heterocycles. The van der Waals surface area contributed by atoms with Gasteiger partial charge in [0.1, 0.15) is 0 Å². The quantitative estimate of drug-likeness (QED) is 0.909. The standard InChI is InChI=1S/C16H26N2O2S/c1-4-16(17)13-6-5-7-15(10-13)21(19,20)18-9-8-14(11-18)12(2)3/h5-7,10,12,14,16H,4,8-9,11,17H2,1-3H3. The van der Waals surface area contributed by atoms with Crippen LogP contribution in [-0.2, 0) is 10.0 Å². The van der Waals surface area contributed by atoms with Crippen LogP contribution in [0.2, 0.25) is 0 Å². The zero-order valence-electron chi connectivity index (χ0n) is 13.1. The maximum atomic E-state index is 12.8. The Hall–Kier alpha value is -0.910. The Morgan fingerprint density at radius 3 is 2.67 bits per heavy atom. The summed E-state index contributed by atoms with van der Waals surface area (Å²) in [6.45, 7) is 7.56. The minimum absolute atomic E-state index is 0.109. The lowest BCUT2D eigenvalue weighted by Gasteiger charge is -2.19. The third-order valence-corrected chi connectivity index (χ3v) is 6.36. The summed E-state index contributed by atoms with van der Waals surface area (Å²) >= 11 is 0. The fourth-order valence-electron chi connectivity index (χ4n) is 2.81. The Morgan fingerprint density at radius 1 is 1.38 bits per heavy atom. The molecular formula is C16H26N2O2S. The maximum Gasteiger partial charge on any atom is 0.243 e. The van der Waals surface area contributed by atoms with E-state index in [9.17, 15) is 8.42 Å². The molecule has 0 amide bonds. The zero-order valence-corrected chi connectivity index (χ0v) is 13.9. The molecule has 0 bridgehead atoms. The molecule has 118 valence electrons. The van der Waals surface area contributed by atoms with Crippen molar-refractivity contribution >= 4 is 10.0 Å². The molecule has 1 aromatic carbocycles. The number of rotatable bonds is 5. The van der Waals surface area contributed by atoms with Crippen LogP contribution in [0.4, 0.5) is 0 Å². The first-order valence-corrected chi connectivity index (χ1v) is 9.16. The Balaban J connectivity index is 2.24. The fourth-order valence-corrected chi connectivity index (χ4v) is 4.37. The van der Waals surface area contributed by atoms with E-state index in [-0.39, 0.29) is 6.04 Å². The molecule has 4 nitrogen and oxygen atoms in total. The predicted octanol–water partition coefficient (Wildman–Crippen LogP) is 2.76. The molecule has 21 heavy (non-hydrogen) atoms.